The maximum Gasteiger partial charge on any atom is 0.145 e. The van der Waals surface area contributed by atoms with E-state index in [9.17, 15) is 0 Å². The Kier molecular flexibility index (Phi) is 3.18. The van der Waals surface area contributed by atoms with Crippen molar-refractivity contribution >= 4 is 16.6 Å². The first-order chi connectivity index (χ1) is 8.15. The van der Waals surface area contributed by atoms with Gasteiger partial charge in [-0.05, 0) is 36.1 Å². The lowest BCUT2D eigenvalue weighted by Gasteiger charge is -2.13. The van der Waals surface area contributed by atoms with E-state index < -0.39 is 0 Å². The zero-order valence-electron chi connectivity index (χ0n) is 10.5. The molecular weight excluding hydrogens is 212 g/mol. The van der Waals surface area contributed by atoms with Gasteiger partial charge in [0.1, 0.15) is 11.3 Å². The van der Waals surface area contributed by atoms with Gasteiger partial charge in [0.15, 0.2) is 0 Å². The molecule has 0 amide bonds. The second-order valence-corrected chi connectivity index (χ2v) is 4.37. The molecule has 1 unspecified atom stereocenters. The monoisotopic (exact) mass is 230 g/mol. The third-order valence-corrected chi connectivity index (χ3v) is 3.19. The second kappa shape index (κ2) is 4.62. The Hall–Kier alpha value is -1.77. The number of nitrogens with zero attached hydrogens (tertiary/aromatic N) is 1. The molecular formula is C14H18N2O. The molecule has 3 heteroatoms. The third-order valence-electron chi connectivity index (χ3n) is 3.19. The first kappa shape index (κ1) is 11.7. The molecule has 0 saturated heterocycles. The smallest absolute Gasteiger partial charge is 0.145 e. The van der Waals surface area contributed by atoms with Crippen LogP contribution in [0.2, 0.25) is 0 Å². The maximum atomic E-state index is 5.77. The van der Waals surface area contributed by atoms with Crippen molar-refractivity contribution in [1.29, 1.82) is 0 Å². The number of benzene rings is 1. The Balaban J connectivity index is 2.66. The lowest BCUT2D eigenvalue weighted by molar-refractivity contribution is 0.418. The van der Waals surface area contributed by atoms with Gasteiger partial charge in [-0.2, -0.15) is 0 Å². The third kappa shape index (κ3) is 2.18. The van der Waals surface area contributed by atoms with Crippen molar-refractivity contribution < 1.29 is 4.74 Å². The van der Waals surface area contributed by atoms with E-state index in [-0.39, 0.29) is 0 Å². The number of nitrogen functional groups attached to an aromatic ring is 1. The van der Waals surface area contributed by atoms with Crippen LogP contribution < -0.4 is 10.5 Å². The Bertz CT molecular complexity index is 537. The van der Waals surface area contributed by atoms with Crippen LogP contribution in [0.25, 0.3) is 10.9 Å². The lowest BCUT2D eigenvalue weighted by atomic mass is 9.96. The Morgan fingerprint density at radius 3 is 2.76 bits per heavy atom. The zero-order chi connectivity index (χ0) is 12.4. The number of methoxy groups -OCH3 is 1. The van der Waals surface area contributed by atoms with Gasteiger partial charge in [-0.25, -0.2) is 0 Å². The number of hydrogen-bond donors (Lipinski definition) is 1. The van der Waals surface area contributed by atoms with Crippen LogP contribution >= 0.6 is 0 Å². The van der Waals surface area contributed by atoms with Crippen molar-refractivity contribution in [2.75, 3.05) is 12.8 Å². The van der Waals surface area contributed by atoms with Gasteiger partial charge in [0, 0.05) is 5.39 Å². The van der Waals surface area contributed by atoms with Gasteiger partial charge in [-0.3, -0.25) is 4.98 Å². The summed E-state index contributed by atoms with van der Waals surface area (Å²) < 4.78 is 5.40. The second-order valence-electron chi connectivity index (χ2n) is 4.37. The SMILES string of the molecule is CCC(C)c1cc(OC)c2ncc(N)cc2c1. The number of hydrogen-bond acceptors (Lipinski definition) is 3. The summed E-state index contributed by atoms with van der Waals surface area (Å²) in [6.45, 7) is 4.39. The standard InChI is InChI=1S/C14H18N2O/c1-4-9(2)10-5-11-6-12(15)8-16-14(11)13(7-10)17-3/h5-9H,4,15H2,1-3H3. The van der Waals surface area contributed by atoms with Gasteiger partial charge in [0.05, 0.1) is 19.0 Å². The number of aromatic nitrogens is 1. The molecule has 90 valence electrons. The molecule has 2 aromatic rings. The lowest BCUT2D eigenvalue weighted by Crippen LogP contribution is -1.96. The molecule has 0 radical (unpaired) electrons. The Labute approximate surface area is 102 Å². The van der Waals surface area contributed by atoms with E-state index in [1.807, 2.05) is 6.07 Å². The minimum atomic E-state index is 0.509. The minimum absolute atomic E-state index is 0.509. The Morgan fingerprint density at radius 2 is 2.12 bits per heavy atom. The molecule has 1 aromatic heterocycles. The molecule has 2 rings (SSSR count). The number of pyridine rings is 1. The van der Waals surface area contributed by atoms with E-state index in [2.05, 4.69) is 31.0 Å². The van der Waals surface area contributed by atoms with E-state index in [1.54, 1.807) is 13.3 Å². The van der Waals surface area contributed by atoms with E-state index >= 15 is 0 Å². The van der Waals surface area contributed by atoms with Crippen molar-refractivity contribution in [2.24, 2.45) is 0 Å². The van der Waals surface area contributed by atoms with Crippen LogP contribution in [-0.4, -0.2) is 12.1 Å². The highest BCUT2D eigenvalue weighted by atomic mass is 16.5. The summed E-state index contributed by atoms with van der Waals surface area (Å²) in [6.07, 6.45) is 2.76. The van der Waals surface area contributed by atoms with Crippen LogP contribution in [-0.2, 0) is 0 Å². The summed E-state index contributed by atoms with van der Waals surface area (Å²) in [6, 6.07) is 6.16. The molecule has 2 N–H and O–H groups in total. The molecule has 1 aromatic carbocycles. The average Bonchev–Trinajstić information content (AvgIpc) is 2.35. The molecule has 1 heterocycles. The normalized spacial score (nSPS) is 12.6. The van der Waals surface area contributed by atoms with Crippen LogP contribution in [0.1, 0.15) is 31.7 Å². The van der Waals surface area contributed by atoms with Crippen molar-refractivity contribution in [2.45, 2.75) is 26.2 Å². The van der Waals surface area contributed by atoms with Crippen molar-refractivity contribution in [3.63, 3.8) is 0 Å². The molecule has 0 bridgehead atoms. The van der Waals surface area contributed by atoms with E-state index in [4.69, 9.17) is 10.5 Å². The fraction of sp³-hybridized carbons (Fsp3) is 0.357. The number of rotatable bonds is 3. The van der Waals surface area contributed by atoms with E-state index in [1.165, 1.54) is 5.56 Å². The molecule has 0 fully saturated rings. The molecule has 0 aliphatic rings. The highest BCUT2D eigenvalue weighted by Crippen LogP contribution is 2.31. The summed E-state index contributed by atoms with van der Waals surface area (Å²) in [5, 5.41) is 1.04. The highest BCUT2D eigenvalue weighted by molar-refractivity contribution is 5.87. The maximum absolute atomic E-state index is 5.77. The van der Waals surface area contributed by atoms with E-state index in [0.717, 1.165) is 23.1 Å². The molecule has 17 heavy (non-hydrogen) atoms. The fourth-order valence-electron chi connectivity index (χ4n) is 1.93. The summed E-state index contributed by atoms with van der Waals surface area (Å²) in [5.41, 5.74) is 8.59. The number of fused-ring (bicyclic) bond motifs is 1. The number of nitrogens with two attached hydrogens (primary N) is 1. The van der Waals surface area contributed by atoms with Gasteiger partial charge in [0.25, 0.3) is 0 Å². The first-order valence-electron chi connectivity index (χ1n) is 5.88. The largest absolute Gasteiger partial charge is 0.494 e. The minimum Gasteiger partial charge on any atom is -0.494 e. The van der Waals surface area contributed by atoms with Crippen LogP contribution in [0.4, 0.5) is 5.69 Å². The fourth-order valence-corrected chi connectivity index (χ4v) is 1.93. The van der Waals surface area contributed by atoms with Crippen LogP contribution in [0, 0.1) is 0 Å². The first-order valence-corrected chi connectivity index (χ1v) is 5.88. The highest BCUT2D eigenvalue weighted by Gasteiger charge is 2.10. The molecule has 1 atom stereocenters. The number of ether oxygens (including phenoxy) is 1. The molecule has 0 aliphatic carbocycles. The van der Waals surface area contributed by atoms with Gasteiger partial charge in [0.2, 0.25) is 0 Å². The van der Waals surface area contributed by atoms with Crippen LogP contribution in [0.3, 0.4) is 0 Å². The summed E-state index contributed by atoms with van der Waals surface area (Å²) >= 11 is 0. The van der Waals surface area contributed by atoms with Gasteiger partial charge >= 0.3 is 0 Å². The molecule has 3 nitrogen and oxygen atoms in total. The summed E-state index contributed by atoms with van der Waals surface area (Å²) in [4.78, 5) is 4.33. The van der Waals surface area contributed by atoms with Crippen molar-refractivity contribution in [3.05, 3.63) is 30.0 Å². The van der Waals surface area contributed by atoms with Gasteiger partial charge in [-0.15, -0.1) is 0 Å². The molecule has 0 aliphatic heterocycles. The molecule has 0 saturated carbocycles. The van der Waals surface area contributed by atoms with Crippen molar-refractivity contribution in [3.8, 4) is 5.75 Å². The van der Waals surface area contributed by atoms with Gasteiger partial charge < -0.3 is 10.5 Å². The Morgan fingerprint density at radius 1 is 1.35 bits per heavy atom. The predicted octanol–water partition coefficient (Wildman–Crippen LogP) is 3.34. The van der Waals surface area contributed by atoms with E-state index in [0.29, 0.717) is 11.6 Å². The topological polar surface area (TPSA) is 48.1 Å². The van der Waals surface area contributed by atoms with Crippen LogP contribution in [0.5, 0.6) is 5.75 Å². The quantitative estimate of drug-likeness (QED) is 0.879. The van der Waals surface area contributed by atoms with Gasteiger partial charge in [-0.1, -0.05) is 13.8 Å². The average molecular weight is 230 g/mol. The van der Waals surface area contributed by atoms with Crippen molar-refractivity contribution in [1.82, 2.24) is 4.98 Å². The predicted molar refractivity (Wildman–Crippen MR) is 71.4 cm³/mol. The van der Waals surface area contributed by atoms with Crippen LogP contribution in [0.15, 0.2) is 24.4 Å². The summed E-state index contributed by atoms with van der Waals surface area (Å²) in [7, 11) is 1.67. The molecule has 0 spiro atoms. The summed E-state index contributed by atoms with van der Waals surface area (Å²) in [5.74, 6) is 1.33. The zero-order valence-corrected chi connectivity index (χ0v) is 10.5. The number of anilines is 1.